The highest BCUT2D eigenvalue weighted by atomic mass is 32.1. The zero-order chi connectivity index (χ0) is 91.0. The third-order valence-electron chi connectivity index (χ3n) is 29.8. The average Bonchev–Trinajstić information content (AvgIpc) is 1.62. The molecule has 0 radical (unpaired) electrons. The topological polar surface area (TPSA) is 0 Å². The molecule has 642 valence electrons. The summed E-state index contributed by atoms with van der Waals surface area (Å²) in [7, 11) is 0. The van der Waals surface area contributed by atoms with Crippen LogP contribution in [0.3, 0.4) is 0 Å². The zero-order valence-electron chi connectivity index (χ0n) is 75.4. The maximum absolute atomic E-state index is 2.49. The summed E-state index contributed by atoms with van der Waals surface area (Å²) in [6, 6.07) is 180. The minimum atomic E-state index is 1.25. The van der Waals surface area contributed by atoms with Gasteiger partial charge in [0.25, 0.3) is 0 Å². The van der Waals surface area contributed by atoms with Gasteiger partial charge in [0, 0.05) is 60.5 Å². The summed E-state index contributed by atoms with van der Waals surface area (Å²) < 4.78 is 8.01. The van der Waals surface area contributed by atoms with Gasteiger partial charge in [-0.05, 0) is 324 Å². The van der Waals surface area contributed by atoms with Crippen molar-refractivity contribution < 1.29 is 0 Å². The van der Waals surface area contributed by atoms with E-state index in [1.807, 2.05) is 34.0 Å². The van der Waals surface area contributed by atoms with Gasteiger partial charge in [-0.15, -0.1) is 34.0 Å². The lowest BCUT2D eigenvalue weighted by atomic mass is 9.82. The summed E-state index contributed by atoms with van der Waals surface area (Å²) in [5, 5.41) is 49.2. The lowest BCUT2D eigenvalue weighted by Crippen LogP contribution is -1.93. The van der Waals surface area contributed by atoms with Crippen LogP contribution < -0.4 is 0 Å². The van der Waals surface area contributed by atoms with Crippen molar-refractivity contribution in [1.82, 2.24) is 0 Å². The number of thiophene rings is 3. The lowest BCUT2D eigenvalue weighted by Gasteiger charge is -2.20. The average molecular weight is 1810 g/mol. The van der Waals surface area contributed by atoms with Crippen LogP contribution >= 0.6 is 34.0 Å². The first kappa shape index (κ1) is 79.4. The molecule has 0 bridgehead atoms. The second-order valence-electron chi connectivity index (χ2n) is 37.3. The van der Waals surface area contributed by atoms with Gasteiger partial charge >= 0.3 is 0 Å². The molecule has 3 heteroatoms. The van der Waals surface area contributed by atoms with E-state index < -0.39 is 0 Å². The van der Waals surface area contributed by atoms with Crippen LogP contribution in [0.15, 0.2) is 485 Å². The highest BCUT2D eigenvalue weighted by Gasteiger charge is 2.26. The molecule has 139 heavy (non-hydrogen) atoms. The van der Waals surface area contributed by atoms with Crippen molar-refractivity contribution in [3.8, 4) is 66.8 Å². The number of hydrogen-bond acceptors (Lipinski definition) is 3. The van der Waals surface area contributed by atoms with E-state index >= 15 is 0 Å². The molecule has 0 atom stereocenters. The van der Waals surface area contributed by atoms with Crippen LogP contribution in [0.25, 0.3) is 300 Å². The van der Waals surface area contributed by atoms with Crippen LogP contribution in [-0.2, 0) is 0 Å². The van der Waals surface area contributed by atoms with Gasteiger partial charge in [-0.1, -0.05) is 400 Å². The maximum atomic E-state index is 2.49. The Morgan fingerprint density at radius 1 is 0.101 bits per heavy atom. The molecule has 0 aliphatic carbocycles. The van der Waals surface area contributed by atoms with Crippen molar-refractivity contribution in [2.75, 3.05) is 0 Å². The van der Waals surface area contributed by atoms with Crippen LogP contribution in [0.5, 0.6) is 0 Å². The molecule has 0 N–H and O–H groups in total. The van der Waals surface area contributed by atoms with Crippen LogP contribution in [0, 0.1) is 0 Å². The molecule has 0 aliphatic heterocycles. The smallest absolute Gasteiger partial charge is 0.0361 e. The second kappa shape index (κ2) is 31.8. The van der Waals surface area contributed by atoms with Gasteiger partial charge in [0.05, 0.1) is 0 Å². The van der Waals surface area contributed by atoms with E-state index in [0.717, 1.165) is 0 Å². The van der Waals surface area contributed by atoms with E-state index in [9.17, 15) is 0 Å². The van der Waals surface area contributed by atoms with E-state index in [-0.39, 0.29) is 0 Å². The molecule has 0 nitrogen and oxygen atoms in total. The van der Waals surface area contributed by atoms with E-state index in [1.54, 1.807) is 0 Å². The largest absolute Gasteiger partial charge is 0.135 e. The van der Waals surface area contributed by atoms with Gasteiger partial charge in [-0.25, -0.2) is 0 Å². The van der Waals surface area contributed by atoms with E-state index in [1.165, 1.54) is 300 Å². The van der Waals surface area contributed by atoms with Crippen molar-refractivity contribution in [1.29, 1.82) is 0 Å². The van der Waals surface area contributed by atoms with Crippen molar-refractivity contribution >= 4 is 267 Å². The Bertz CT molecular complexity index is 10500. The minimum Gasteiger partial charge on any atom is -0.135 e. The summed E-state index contributed by atoms with van der Waals surface area (Å²) in [6.45, 7) is 0. The molecule has 0 saturated heterocycles. The summed E-state index contributed by atoms with van der Waals surface area (Å²) in [5.74, 6) is 0. The summed E-state index contributed by atoms with van der Waals surface area (Å²) in [6.07, 6.45) is 0. The molecule has 0 fully saturated rings. The summed E-state index contributed by atoms with van der Waals surface area (Å²) in [5.41, 5.74) is 15.4. The Kier molecular flexibility index (Phi) is 18.2. The van der Waals surface area contributed by atoms with Gasteiger partial charge < -0.3 is 0 Å². The van der Waals surface area contributed by atoms with Crippen molar-refractivity contribution in [3.63, 3.8) is 0 Å². The standard InChI is InChI=1S/C52H30S.C44H26S.C40H24S/c1-2-14-32-29-49-45(27-31(32)13-1)44-28-33(25-26-48(44)53-49)50-40-21-9-11-23-42(40)52(43-24-12-10-22-41(43)50)47-30-46-36-17-4-3-15-34(36)35-16-5-7-19-38(35)51(46)39-20-8-6-18-37(39)47;1-2-11-30-26-42-40(23-29(30)10-1)39-25-32(21-22-41(39)45-42)44-36-15-7-5-13-34(36)43(35-14-6-8-16-37(35)44)31-20-19-28-18-17-27-9-3-4-12-33(27)38(28)24-31;1-2-12-27-24-38-36(22-26(27)11-1)35-23-28(20-21-37(35)41-38)39-31-15-5-7-17-33(31)40(34-18-8-6-16-32(34)39)30-19-9-13-25-10-3-4-14-29(25)30/h1-30H;1-26H;1-24H. The first-order valence-corrected chi connectivity index (χ1v) is 50.4. The van der Waals surface area contributed by atoms with Crippen LogP contribution in [0.2, 0.25) is 0 Å². The summed E-state index contributed by atoms with van der Waals surface area (Å²) >= 11 is 5.67. The van der Waals surface area contributed by atoms with E-state index in [4.69, 9.17) is 0 Å². The molecule has 0 amide bonds. The van der Waals surface area contributed by atoms with Gasteiger partial charge in [-0.2, -0.15) is 0 Å². The van der Waals surface area contributed by atoms with E-state index in [2.05, 4.69) is 485 Å². The molecule has 28 aromatic carbocycles. The fourth-order valence-electron chi connectivity index (χ4n) is 23.6. The van der Waals surface area contributed by atoms with Crippen molar-refractivity contribution in [3.05, 3.63) is 485 Å². The number of hydrogen-bond donors (Lipinski definition) is 0. The highest BCUT2D eigenvalue weighted by Crippen LogP contribution is 2.54. The molecule has 31 rings (SSSR count). The number of fused-ring (bicyclic) bond motifs is 30. The quantitative estimate of drug-likeness (QED) is 0.115. The molecule has 0 unspecified atom stereocenters. The molecule has 3 heterocycles. The fraction of sp³-hybridized carbons (Fsp3) is 0. The third-order valence-corrected chi connectivity index (χ3v) is 33.2. The van der Waals surface area contributed by atoms with Gasteiger partial charge in [0.1, 0.15) is 0 Å². The zero-order valence-corrected chi connectivity index (χ0v) is 77.9. The predicted octanol–water partition coefficient (Wildman–Crippen LogP) is 40.6. The predicted molar refractivity (Wildman–Crippen MR) is 611 cm³/mol. The van der Waals surface area contributed by atoms with Gasteiger partial charge in [0.2, 0.25) is 0 Å². The molecular formula is C136H80S3. The van der Waals surface area contributed by atoms with Gasteiger partial charge in [0.15, 0.2) is 0 Å². The molecule has 3 aromatic heterocycles. The first-order chi connectivity index (χ1) is 68.9. The van der Waals surface area contributed by atoms with Crippen molar-refractivity contribution in [2.24, 2.45) is 0 Å². The Morgan fingerprint density at radius 2 is 0.331 bits per heavy atom. The number of benzene rings is 28. The third kappa shape index (κ3) is 12.6. The van der Waals surface area contributed by atoms with E-state index in [0.29, 0.717) is 0 Å². The normalized spacial score (nSPS) is 12.0. The maximum Gasteiger partial charge on any atom is 0.0361 e. The Hall–Kier alpha value is -17.0. The Balaban J connectivity index is 0.000000101. The number of rotatable bonds is 6. The van der Waals surface area contributed by atoms with Crippen LogP contribution in [-0.4, -0.2) is 0 Å². The van der Waals surface area contributed by atoms with Crippen LogP contribution in [0.4, 0.5) is 0 Å². The monoisotopic (exact) mass is 1810 g/mol. The molecular weight excluding hydrogens is 1730 g/mol. The minimum absolute atomic E-state index is 1.25. The molecule has 0 spiro atoms. The van der Waals surface area contributed by atoms with Gasteiger partial charge in [-0.3, -0.25) is 0 Å². The lowest BCUT2D eigenvalue weighted by molar-refractivity contribution is 1.69. The highest BCUT2D eigenvalue weighted by molar-refractivity contribution is 7.26. The van der Waals surface area contributed by atoms with Crippen LogP contribution in [0.1, 0.15) is 0 Å². The fourth-order valence-corrected chi connectivity index (χ4v) is 27.0. The Morgan fingerprint density at radius 3 is 0.705 bits per heavy atom. The molecule has 0 aliphatic rings. The SMILES string of the molecule is c1ccc2cc3c(cc2c1)sc1ccc(-c2c4ccccc4c(-c4cc5c6ccccc6c6ccccc6c5c5ccccc45)c4ccccc24)cc13.c1ccc2cc3c(cc2c1)sc1ccc(-c2c4ccccc4c(-c4ccc5ccc6ccccc6c5c4)c4ccccc24)cc13.c1ccc2cc3c(cc2c1)sc1ccc(-c2c4ccccc4c(-c4cccc5ccccc45)c4ccccc24)cc13. The molecule has 31 aromatic rings. The first-order valence-electron chi connectivity index (χ1n) is 48.0. The second-order valence-corrected chi connectivity index (χ2v) is 40.5. The Labute approximate surface area is 812 Å². The summed E-state index contributed by atoms with van der Waals surface area (Å²) in [4.78, 5) is 0. The molecule has 0 saturated carbocycles. The van der Waals surface area contributed by atoms with Crippen molar-refractivity contribution in [2.45, 2.75) is 0 Å².